The van der Waals surface area contributed by atoms with Crippen molar-refractivity contribution in [3.05, 3.63) is 35.8 Å². The van der Waals surface area contributed by atoms with Crippen LogP contribution in [0.25, 0.3) is 22.3 Å². The number of hydrogen-bond donors (Lipinski definition) is 3. The quantitative estimate of drug-likeness (QED) is 0.472. The molecule has 12 heteroatoms. The highest BCUT2D eigenvalue weighted by Crippen LogP contribution is 2.34. The maximum Gasteiger partial charge on any atom is 0.417 e. The molecule has 9 nitrogen and oxygen atoms in total. The number of nitriles is 1. The second-order valence-electron chi connectivity index (χ2n) is 9.27. The number of halogens is 3. The molecule has 0 radical (unpaired) electrons. The summed E-state index contributed by atoms with van der Waals surface area (Å²) < 4.78 is 45.2. The van der Waals surface area contributed by atoms with E-state index >= 15 is 0 Å². The molecule has 0 bridgehead atoms. The lowest BCUT2D eigenvalue weighted by atomic mass is 9.96. The minimum atomic E-state index is -4.53. The number of fused-ring (bicyclic) bond motifs is 1. The van der Waals surface area contributed by atoms with Gasteiger partial charge in [-0.3, -0.25) is 10.2 Å². The number of methoxy groups -OCH3 is 1. The Balaban J connectivity index is 1.28. The summed E-state index contributed by atoms with van der Waals surface area (Å²) in [7, 11) is 1.75. The van der Waals surface area contributed by atoms with E-state index in [9.17, 15) is 18.4 Å². The van der Waals surface area contributed by atoms with Crippen molar-refractivity contribution in [1.29, 1.82) is 5.26 Å². The van der Waals surface area contributed by atoms with E-state index in [1.807, 2.05) is 6.07 Å². The van der Waals surface area contributed by atoms with Crippen molar-refractivity contribution in [2.45, 2.75) is 37.7 Å². The van der Waals surface area contributed by atoms with Gasteiger partial charge in [0.15, 0.2) is 0 Å². The summed E-state index contributed by atoms with van der Waals surface area (Å²) in [6.07, 6.45) is 2.85. The number of alkyl halides is 3. The van der Waals surface area contributed by atoms with Gasteiger partial charge in [0.1, 0.15) is 11.7 Å². The van der Waals surface area contributed by atoms with E-state index in [0.29, 0.717) is 30.1 Å². The number of H-pyrrole nitrogens is 1. The van der Waals surface area contributed by atoms with E-state index in [4.69, 9.17) is 4.74 Å². The minimum Gasteiger partial charge on any atom is -0.380 e. The standard InChI is InChI=1S/C24H27F3N8O/c1-36-17-7-20(29-12-17)35-4-2-14(3-5-35)9-32-23-33-10-15(8-28)21(34-23)19-13-31-22-18(19)6-16(11-30-22)24(25,26)27/h6,10-11,13-14,17,20,29H,2-5,7,9,12H2,1H3,(H,30,31)(H,32,33,34)/t17-,20+/m1/s1. The number of aromatic amines is 1. The fourth-order valence-corrected chi connectivity index (χ4v) is 4.95. The summed E-state index contributed by atoms with van der Waals surface area (Å²) in [6, 6.07) is 3.06. The van der Waals surface area contributed by atoms with Crippen LogP contribution in [0, 0.1) is 17.2 Å². The van der Waals surface area contributed by atoms with Crippen molar-refractivity contribution >= 4 is 17.0 Å². The first-order chi connectivity index (χ1) is 17.4. The number of ether oxygens (including phenoxy) is 1. The molecule has 3 aromatic heterocycles. The lowest BCUT2D eigenvalue weighted by Crippen LogP contribution is -2.46. The van der Waals surface area contributed by atoms with Gasteiger partial charge in [0.2, 0.25) is 5.95 Å². The number of nitrogens with one attached hydrogen (secondary N) is 3. The highest BCUT2D eigenvalue weighted by Gasteiger charge is 2.32. The molecule has 3 N–H and O–H groups in total. The first-order valence-corrected chi connectivity index (χ1v) is 11.9. The second-order valence-corrected chi connectivity index (χ2v) is 9.27. The van der Waals surface area contributed by atoms with Gasteiger partial charge < -0.3 is 15.0 Å². The molecule has 2 aliphatic heterocycles. The molecule has 0 amide bonds. The van der Waals surface area contributed by atoms with E-state index in [-0.39, 0.29) is 28.4 Å². The molecule has 0 spiro atoms. The molecular weight excluding hydrogens is 473 g/mol. The van der Waals surface area contributed by atoms with Gasteiger partial charge in [0.25, 0.3) is 0 Å². The van der Waals surface area contributed by atoms with Crippen molar-refractivity contribution < 1.29 is 17.9 Å². The molecular formula is C24H27F3N8O. The molecule has 5 rings (SSSR count). The van der Waals surface area contributed by atoms with E-state index in [0.717, 1.165) is 51.2 Å². The van der Waals surface area contributed by atoms with E-state index in [1.54, 1.807) is 7.11 Å². The van der Waals surface area contributed by atoms with Gasteiger partial charge in [-0.05, 0) is 37.9 Å². The predicted molar refractivity (Wildman–Crippen MR) is 127 cm³/mol. The van der Waals surface area contributed by atoms with Gasteiger partial charge in [-0.15, -0.1) is 0 Å². The molecule has 36 heavy (non-hydrogen) atoms. The number of hydrogen-bond acceptors (Lipinski definition) is 8. The summed E-state index contributed by atoms with van der Waals surface area (Å²) in [6.45, 7) is 3.53. The largest absolute Gasteiger partial charge is 0.417 e. The van der Waals surface area contributed by atoms with Crippen LogP contribution >= 0.6 is 0 Å². The Bertz CT molecular complexity index is 1260. The van der Waals surface area contributed by atoms with E-state index in [2.05, 4.69) is 35.5 Å². The number of anilines is 1. The molecule has 0 saturated carbocycles. The number of piperidine rings is 1. The molecule has 5 heterocycles. The van der Waals surface area contributed by atoms with Crippen LogP contribution in [0.1, 0.15) is 30.4 Å². The molecule has 2 aliphatic rings. The molecule has 2 saturated heterocycles. The molecule has 0 aromatic carbocycles. The van der Waals surface area contributed by atoms with Crippen LogP contribution in [0.5, 0.6) is 0 Å². The molecule has 0 aliphatic carbocycles. The van der Waals surface area contributed by atoms with Crippen molar-refractivity contribution in [2.75, 3.05) is 38.6 Å². The average Bonchev–Trinajstić information content (AvgIpc) is 3.54. The van der Waals surface area contributed by atoms with Crippen molar-refractivity contribution in [3.8, 4) is 17.3 Å². The summed E-state index contributed by atoms with van der Waals surface area (Å²) >= 11 is 0. The zero-order valence-electron chi connectivity index (χ0n) is 19.8. The number of aromatic nitrogens is 4. The Kier molecular flexibility index (Phi) is 6.79. The number of likely N-dealkylation sites (tertiary alicyclic amines) is 1. The molecule has 3 aromatic rings. The first kappa shape index (κ1) is 24.4. The molecule has 2 fully saturated rings. The fourth-order valence-electron chi connectivity index (χ4n) is 4.95. The Morgan fingerprint density at radius 3 is 2.75 bits per heavy atom. The summed E-state index contributed by atoms with van der Waals surface area (Å²) in [5, 5.41) is 16.6. The smallest absolute Gasteiger partial charge is 0.380 e. The van der Waals surface area contributed by atoms with Crippen LogP contribution < -0.4 is 10.6 Å². The third-order valence-corrected chi connectivity index (χ3v) is 7.06. The predicted octanol–water partition coefficient (Wildman–Crippen LogP) is 3.37. The average molecular weight is 501 g/mol. The third-order valence-electron chi connectivity index (χ3n) is 7.06. The van der Waals surface area contributed by atoms with Gasteiger partial charge in [0.05, 0.1) is 35.3 Å². The SMILES string of the molecule is CO[C@H]1CN[C@@H](N2CCC(CNc3ncc(C#N)c(-c4c[nH]c5ncc(C(F)(F)F)cc45)n3)CC2)C1. The number of rotatable bonds is 6. The topological polar surface area (TPSA) is 115 Å². The van der Waals surface area contributed by atoms with Crippen molar-refractivity contribution in [1.82, 2.24) is 30.2 Å². The summed E-state index contributed by atoms with van der Waals surface area (Å²) in [5.74, 6) is 0.774. The summed E-state index contributed by atoms with van der Waals surface area (Å²) in [4.78, 5) is 18.0. The minimum absolute atomic E-state index is 0.172. The number of nitrogens with zero attached hydrogens (tertiary/aromatic N) is 5. The lowest BCUT2D eigenvalue weighted by Gasteiger charge is -2.36. The lowest BCUT2D eigenvalue weighted by molar-refractivity contribution is -0.137. The maximum atomic E-state index is 13.2. The highest BCUT2D eigenvalue weighted by molar-refractivity contribution is 5.94. The zero-order valence-corrected chi connectivity index (χ0v) is 19.8. The Morgan fingerprint density at radius 1 is 1.25 bits per heavy atom. The first-order valence-electron chi connectivity index (χ1n) is 11.9. The van der Waals surface area contributed by atoms with Gasteiger partial charge in [-0.25, -0.2) is 15.0 Å². The summed E-state index contributed by atoms with van der Waals surface area (Å²) in [5.41, 5.74) is 0.231. The molecule has 0 unspecified atom stereocenters. The van der Waals surface area contributed by atoms with E-state index in [1.165, 1.54) is 12.4 Å². The van der Waals surface area contributed by atoms with Gasteiger partial charge in [-0.1, -0.05) is 0 Å². The molecule has 2 atom stereocenters. The Labute approximate surface area is 206 Å². The van der Waals surface area contributed by atoms with Crippen molar-refractivity contribution in [3.63, 3.8) is 0 Å². The monoisotopic (exact) mass is 500 g/mol. The normalized spacial score (nSPS) is 21.6. The van der Waals surface area contributed by atoms with E-state index < -0.39 is 11.7 Å². The van der Waals surface area contributed by atoms with Gasteiger partial charge >= 0.3 is 6.18 Å². The van der Waals surface area contributed by atoms with Crippen LogP contribution in [-0.2, 0) is 10.9 Å². The van der Waals surface area contributed by atoms with Crippen molar-refractivity contribution in [2.24, 2.45) is 5.92 Å². The number of pyridine rings is 1. The van der Waals surface area contributed by atoms with Crippen LogP contribution in [0.2, 0.25) is 0 Å². The van der Waals surface area contributed by atoms with Crippen LogP contribution in [0.3, 0.4) is 0 Å². The third kappa shape index (κ3) is 5.00. The Hall–Kier alpha value is -3.27. The zero-order chi connectivity index (χ0) is 25.3. The Morgan fingerprint density at radius 2 is 2.06 bits per heavy atom. The van der Waals surface area contributed by atoms with Gasteiger partial charge in [-0.2, -0.15) is 18.4 Å². The van der Waals surface area contributed by atoms with Crippen LogP contribution in [0.4, 0.5) is 19.1 Å². The molecule has 190 valence electrons. The van der Waals surface area contributed by atoms with Gasteiger partial charge in [0, 0.05) is 50.0 Å². The van der Waals surface area contributed by atoms with Crippen LogP contribution in [-0.4, -0.2) is 70.4 Å². The highest BCUT2D eigenvalue weighted by atomic mass is 19.4. The maximum absolute atomic E-state index is 13.2. The second kappa shape index (κ2) is 10.0. The fraction of sp³-hybridized carbons (Fsp3) is 0.500. The van der Waals surface area contributed by atoms with Crippen LogP contribution in [0.15, 0.2) is 24.7 Å².